The third kappa shape index (κ3) is 2.82. The molecule has 1 heterocycles. The summed E-state index contributed by atoms with van der Waals surface area (Å²) in [6, 6.07) is 4.13. The summed E-state index contributed by atoms with van der Waals surface area (Å²) in [6.07, 6.45) is 0. The molecule has 1 aromatic rings. The fraction of sp³-hybridized carbons (Fsp3) is 0.500. The molecule has 78 valence electrons. The van der Waals surface area contributed by atoms with Crippen LogP contribution in [0.2, 0.25) is 0 Å². The Morgan fingerprint density at radius 2 is 2.21 bits per heavy atom. The molecule has 0 aromatic carbocycles. The van der Waals surface area contributed by atoms with E-state index >= 15 is 0 Å². The molecule has 0 fully saturated rings. The van der Waals surface area contributed by atoms with Gasteiger partial charge in [-0.1, -0.05) is 0 Å². The molecule has 3 N–H and O–H groups in total. The number of hydrogen-bond acceptors (Lipinski definition) is 3. The SMILES string of the molecule is Cc1ccc(CNC(C)(C)C(N)=O)s1. The highest BCUT2D eigenvalue weighted by Gasteiger charge is 2.23. The summed E-state index contributed by atoms with van der Waals surface area (Å²) in [6.45, 7) is 6.33. The molecule has 0 spiro atoms. The van der Waals surface area contributed by atoms with Crippen LogP contribution in [-0.2, 0) is 11.3 Å². The molecule has 1 aromatic heterocycles. The van der Waals surface area contributed by atoms with Crippen LogP contribution >= 0.6 is 11.3 Å². The van der Waals surface area contributed by atoms with Crippen molar-refractivity contribution in [3.05, 3.63) is 21.9 Å². The number of hydrogen-bond donors (Lipinski definition) is 2. The number of carbonyl (C=O) groups excluding carboxylic acids is 1. The molecule has 14 heavy (non-hydrogen) atoms. The van der Waals surface area contributed by atoms with Crippen molar-refractivity contribution in [3.8, 4) is 0 Å². The van der Waals surface area contributed by atoms with E-state index in [1.807, 2.05) is 0 Å². The van der Waals surface area contributed by atoms with E-state index in [0.717, 1.165) is 0 Å². The second-order valence-corrected chi connectivity index (χ2v) is 5.23. The van der Waals surface area contributed by atoms with Crippen molar-refractivity contribution in [1.82, 2.24) is 5.32 Å². The molecule has 0 bridgehead atoms. The zero-order valence-electron chi connectivity index (χ0n) is 8.76. The summed E-state index contributed by atoms with van der Waals surface area (Å²) in [4.78, 5) is 13.5. The number of thiophene rings is 1. The van der Waals surface area contributed by atoms with Gasteiger partial charge in [0.1, 0.15) is 0 Å². The van der Waals surface area contributed by atoms with E-state index in [2.05, 4.69) is 24.4 Å². The van der Waals surface area contributed by atoms with Crippen LogP contribution in [0.1, 0.15) is 23.6 Å². The molecule has 1 amide bonds. The molecule has 0 aliphatic heterocycles. The standard InChI is InChI=1S/C10H16N2OS/c1-7-4-5-8(14-7)6-12-10(2,3)9(11)13/h4-5,12H,6H2,1-3H3,(H2,11,13). The van der Waals surface area contributed by atoms with Gasteiger partial charge in [-0.2, -0.15) is 0 Å². The van der Waals surface area contributed by atoms with E-state index in [9.17, 15) is 4.79 Å². The Morgan fingerprint density at radius 3 is 2.64 bits per heavy atom. The van der Waals surface area contributed by atoms with Crippen LogP contribution in [0.3, 0.4) is 0 Å². The molecule has 0 saturated carbocycles. The summed E-state index contributed by atoms with van der Waals surface area (Å²) >= 11 is 1.73. The molecule has 0 saturated heterocycles. The quantitative estimate of drug-likeness (QED) is 0.793. The fourth-order valence-corrected chi connectivity index (χ4v) is 1.81. The van der Waals surface area contributed by atoms with Gasteiger partial charge in [0.25, 0.3) is 0 Å². The molecule has 0 aliphatic rings. The molecule has 0 aliphatic carbocycles. The Kier molecular flexibility index (Phi) is 3.29. The number of nitrogens with one attached hydrogen (secondary N) is 1. The molecule has 0 atom stereocenters. The Morgan fingerprint density at radius 1 is 1.57 bits per heavy atom. The Bertz CT molecular complexity index is 331. The van der Waals surface area contributed by atoms with Crippen molar-refractivity contribution in [3.63, 3.8) is 0 Å². The molecule has 0 unspecified atom stereocenters. The average molecular weight is 212 g/mol. The first-order chi connectivity index (χ1) is 6.42. The number of nitrogens with two attached hydrogens (primary N) is 1. The van der Waals surface area contributed by atoms with Gasteiger partial charge < -0.3 is 5.73 Å². The third-order valence-corrected chi connectivity index (χ3v) is 3.12. The number of amides is 1. The van der Waals surface area contributed by atoms with Crippen LogP contribution in [0.15, 0.2) is 12.1 Å². The van der Waals surface area contributed by atoms with Gasteiger partial charge in [-0.15, -0.1) is 11.3 Å². The van der Waals surface area contributed by atoms with E-state index in [4.69, 9.17) is 5.73 Å². The molecule has 0 radical (unpaired) electrons. The molecule has 1 rings (SSSR count). The summed E-state index contributed by atoms with van der Waals surface area (Å²) in [5.41, 5.74) is 4.60. The first-order valence-corrected chi connectivity index (χ1v) is 5.34. The third-order valence-electron chi connectivity index (χ3n) is 2.12. The van der Waals surface area contributed by atoms with Crippen LogP contribution in [-0.4, -0.2) is 11.4 Å². The monoisotopic (exact) mass is 212 g/mol. The maximum absolute atomic E-state index is 11.0. The second kappa shape index (κ2) is 4.11. The predicted molar refractivity (Wildman–Crippen MR) is 59.2 cm³/mol. The van der Waals surface area contributed by atoms with Crippen molar-refractivity contribution in [2.45, 2.75) is 32.9 Å². The van der Waals surface area contributed by atoms with Gasteiger partial charge in [0.05, 0.1) is 5.54 Å². The lowest BCUT2D eigenvalue weighted by atomic mass is 10.1. The average Bonchev–Trinajstić information content (AvgIpc) is 2.48. The van der Waals surface area contributed by atoms with Gasteiger partial charge in [-0.3, -0.25) is 10.1 Å². The van der Waals surface area contributed by atoms with Gasteiger partial charge in [0.15, 0.2) is 0 Å². The minimum Gasteiger partial charge on any atom is -0.368 e. The van der Waals surface area contributed by atoms with E-state index in [0.29, 0.717) is 6.54 Å². The van der Waals surface area contributed by atoms with Gasteiger partial charge in [-0.25, -0.2) is 0 Å². The van der Waals surface area contributed by atoms with Crippen molar-refractivity contribution < 1.29 is 4.79 Å². The maximum atomic E-state index is 11.0. The van der Waals surface area contributed by atoms with Crippen LogP contribution in [0.25, 0.3) is 0 Å². The zero-order valence-corrected chi connectivity index (χ0v) is 9.57. The van der Waals surface area contributed by atoms with E-state index < -0.39 is 5.54 Å². The summed E-state index contributed by atoms with van der Waals surface area (Å²) in [5, 5.41) is 3.12. The Hall–Kier alpha value is -0.870. The summed E-state index contributed by atoms with van der Waals surface area (Å²) in [7, 11) is 0. The Balaban J connectivity index is 2.52. The minimum atomic E-state index is -0.641. The normalized spacial score (nSPS) is 11.6. The van der Waals surface area contributed by atoms with E-state index in [-0.39, 0.29) is 5.91 Å². The molecular formula is C10H16N2OS. The lowest BCUT2D eigenvalue weighted by molar-refractivity contribution is -0.123. The van der Waals surface area contributed by atoms with Gasteiger partial charge in [0, 0.05) is 16.3 Å². The lowest BCUT2D eigenvalue weighted by Gasteiger charge is -2.21. The van der Waals surface area contributed by atoms with Gasteiger partial charge in [0.2, 0.25) is 5.91 Å². The largest absolute Gasteiger partial charge is 0.368 e. The van der Waals surface area contributed by atoms with Crippen LogP contribution in [0.5, 0.6) is 0 Å². The van der Waals surface area contributed by atoms with Crippen LogP contribution < -0.4 is 11.1 Å². The Labute approximate surface area is 88.3 Å². The summed E-state index contributed by atoms with van der Waals surface area (Å²) < 4.78 is 0. The summed E-state index contributed by atoms with van der Waals surface area (Å²) in [5.74, 6) is -0.328. The molecule has 4 heteroatoms. The topological polar surface area (TPSA) is 55.1 Å². The lowest BCUT2D eigenvalue weighted by Crippen LogP contribution is -2.50. The van der Waals surface area contributed by atoms with Crippen molar-refractivity contribution >= 4 is 17.2 Å². The number of carbonyl (C=O) groups is 1. The predicted octanol–water partition coefficient (Wildman–Crippen LogP) is 1.41. The van der Waals surface area contributed by atoms with Gasteiger partial charge >= 0.3 is 0 Å². The number of primary amides is 1. The second-order valence-electron chi connectivity index (χ2n) is 3.86. The van der Waals surface area contributed by atoms with E-state index in [1.165, 1.54) is 9.75 Å². The first-order valence-electron chi connectivity index (χ1n) is 4.52. The van der Waals surface area contributed by atoms with Gasteiger partial charge in [-0.05, 0) is 32.9 Å². The fourth-order valence-electron chi connectivity index (χ4n) is 0.975. The van der Waals surface area contributed by atoms with E-state index in [1.54, 1.807) is 25.2 Å². The molecular weight excluding hydrogens is 196 g/mol. The zero-order chi connectivity index (χ0) is 10.8. The highest BCUT2D eigenvalue weighted by molar-refractivity contribution is 7.11. The highest BCUT2D eigenvalue weighted by Crippen LogP contribution is 2.15. The van der Waals surface area contributed by atoms with Crippen LogP contribution in [0, 0.1) is 6.92 Å². The minimum absolute atomic E-state index is 0.328. The molecule has 3 nitrogen and oxygen atoms in total. The first kappa shape index (κ1) is 11.2. The maximum Gasteiger partial charge on any atom is 0.237 e. The van der Waals surface area contributed by atoms with Crippen molar-refractivity contribution in [1.29, 1.82) is 0 Å². The van der Waals surface area contributed by atoms with Crippen molar-refractivity contribution in [2.75, 3.05) is 0 Å². The van der Waals surface area contributed by atoms with Crippen LogP contribution in [0.4, 0.5) is 0 Å². The number of rotatable bonds is 4. The smallest absolute Gasteiger partial charge is 0.237 e. The number of aryl methyl sites for hydroxylation is 1. The van der Waals surface area contributed by atoms with Crippen molar-refractivity contribution in [2.24, 2.45) is 5.73 Å². The highest BCUT2D eigenvalue weighted by atomic mass is 32.1.